The van der Waals surface area contributed by atoms with Gasteiger partial charge in [-0.2, -0.15) is 0 Å². The average molecular weight is 451 g/mol. The summed E-state index contributed by atoms with van der Waals surface area (Å²) < 4.78 is 18.7. The molecule has 28 heavy (non-hydrogen) atoms. The van der Waals surface area contributed by atoms with Crippen LogP contribution in [0.15, 0.2) is 46.9 Å². The predicted octanol–water partition coefficient (Wildman–Crippen LogP) is 4.10. The molecule has 1 saturated carbocycles. The molecule has 9 heteroatoms. The summed E-state index contributed by atoms with van der Waals surface area (Å²) in [5, 5.41) is 13.3. The molecule has 0 saturated heterocycles. The average Bonchev–Trinajstić information content (AvgIpc) is 2.62. The van der Waals surface area contributed by atoms with E-state index in [0.29, 0.717) is 28.6 Å². The van der Waals surface area contributed by atoms with Gasteiger partial charge in [0.2, 0.25) is 0 Å². The second-order valence-electron chi connectivity index (χ2n) is 6.49. The number of non-ortho nitro benzene ring substituents is 1. The second-order valence-corrected chi connectivity index (χ2v) is 7.34. The van der Waals surface area contributed by atoms with E-state index in [4.69, 9.17) is 4.74 Å². The number of halogens is 2. The normalized spacial score (nSPS) is 14.6. The SMILES string of the molecule is O=C(COC(=O)C1(c2ccc(F)cc2)CCC1)Nc1ccc([N+](=O)[O-])cc1Br. The molecule has 1 N–H and O–H groups in total. The molecule has 2 aromatic rings. The minimum absolute atomic E-state index is 0.123. The van der Waals surface area contributed by atoms with Crippen molar-refractivity contribution in [3.63, 3.8) is 0 Å². The maximum Gasteiger partial charge on any atom is 0.317 e. The van der Waals surface area contributed by atoms with Crippen molar-refractivity contribution in [1.82, 2.24) is 0 Å². The fourth-order valence-corrected chi connectivity index (χ4v) is 3.55. The first-order chi connectivity index (χ1) is 13.3. The van der Waals surface area contributed by atoms with Crippen LogP contribution in [0, 0.1) is 15.9 Å². The highest BCUT2D eigenvalue weighted by atomic mass is 79.9. The van der Waals surface area contributed by atoms with Crippen molar-refractivity contribution in [1.29, 1.82) is 0 Å². The quantitative estimate of drug-likeness (QED) is 0.405. The molecule has 0 atom stereocenters. The van der Waals surface area contributed by atoms with E-state index in [0.717, 1.165) is 6.42 Å². The number of esters is 1. The third-order valence-electron chi connectivity index (χ3n) is 4.77. The van der Waals surface area contributed by atoms with E-state index in [1.807, 2.05) is 0 Å². The van der Waals surface area contributed by atoms with Gasteiger partial charge in [0.05, 0.1) is 16.0 Å². The molecule has 0 aromatic heterocycles. The van der Waals surface area contributed by atoms with Crippen LogP contribution in [-0.2, 0) is 19.7 Å². The van der Waals surface area contributed by atoms with Crippen LogP contribution < -0.4 is 5.32 Å². The summed E-state index contributed by atoms with van der Waals surface area (Å²) in [7, 11) is 0. The zero-order valence-electron chi connectivity index (χ0n) is 14.6. The van der Waals surface area contributed by atoms with E-state index in [1.54, 1.807) is 12.1 Å². The second kappa shape index (κ2) is 8.05. The van der Waals surface area contributed by atoms with Crippen LogP contribution in [0.2, 0.25) is 0 Å². The molecule has 2 aromatic carbocycles. The van der Waals surface area contributed by atoms with E-state index in [1.165, 1.54) is 30.3 Å². The van der Waals surface area contributed by atoms with Gasteiger partial charge >= 0.3 is 5.97 Å². The van der Waals surface area contributed by atoms with Crippen LogP contribution in [-0.4, -0.2) is 23.4 Å². The molecule has 0 unspecified atom stereocenters. The number of hydrogen-bond donors (Lipinski definition) is 1. The topological polar surface area (TPSA) is 98.5 Å². The van der Waals surface area contributed by atoms with Crippen molar-refractivity contribution < 1.29 is 23.6 Å². The summed E-state index contributed by atoms with van der Waals surface area (Å²) in [5.41, 5.74) is 0.0248. The number of benzene rings is 2. The Morgan fingerprint density at radius 2 is 1.89 bits per heavy atom. The van der Waals surface area contributed by atoms with Gasteiger partial charge in [-0.05, 0) is 52.5 Å². The molecular weight excluding hydrogens is 435 g/mol. The first-order valence-electron chi connectivity index (χ1n) is 8.49. The summed E-state index contributed by atoms with van der Waals surface area (Å²) in [6, 6.07) is 9.61. The minimum Gasteiger partial charge on any atom is -0.455 e. The smallest absolute Gasteiger partial charge is 0.317 e. The number of nitrogens with zero attached hydrogens (tertiary/aromatic N) is 1. The lowest BCUT2D eigenvalue weighted by atomic mass is 9.64. The maximum absolute atomic E-state index is 13.2. The largest absolute Gasteiger partial charge is 0.455 e. The van der Waals surface area contributed by atoms with Crippen molar-refractivity contribution >= 4 is 39.2 Å². The molecule has 1 aliphatic carbocycles. The minimum atomic E-state index is -0.845. The van der Waals surface area contributed by atoms with Gasteiger partial charge in [-0.1, -0.05) is 18.6 Å². The lowest BCUT2D eigenvalue weighted by molar-refractivity contribution is -0.384. The van der Waals surface area contributed by atoms with Gasteiger partial charge in [0.1, 0.15) is 5.82 Å². The summed E-state index contributed by atoms with van der Waals surface area (Å²) in [5.74, 6) is -1.49. The number of rotatable bonds is 6. The van der Waals surface area contributed by atoms with Crippen molar-refractivity contribution in [2.45, 2.75) is 24.7 Å². The van der Waals surface area contributed by atoms with Crippen LogP contribution in [0.3, 0.4) is 0 Å². The molecule has 7 nitrogen and oxygen atoms in total. The van der Waals surface area contributed by atoms with Gasteiger partial charge in [-0.15, -0.1) is 0 Å². The zero-order valence-corrected chi connectivity index (χ0v) is 16.2. The van der Waals surface area contributed by atoms with Crippen LogP contribution in [0.4, 0.5) is 15.8 Å². The van der Waals surface area contributed by atoms with Gasteiger partial charge in [-0.25, -0.2) is 4.39 Å². The molecule has 1 fully saturated rings. The fourth-order valence-electron chi connectivity index (χ4n) is 3.08. The number of carbonyl (C=O) groups excluding carboxylic acids is 2. The Hall–Kier alpha value is -2.81. The number of ether oxygens (including phenoxy) is 1. The van der Waals surface area contributed by atoms with E-state index in [2.05, 4.69) is 21.2 Å². The molecule has 0 spiro atoms. The third kappa shape index (κ3) is 4.04. The van der Waals surface area contributed by atoms with E-state index in [-0.39, 0.29) is 11.5 Å². The number of nitrogens with one attached hydrogen (secondary N) is 1. The highest BCUT2D eigenvalue weighted by molar-refractivity contribution is 9.10. The molecule has 0 aliphatic heterocycles. The van der Waals surface area contributed by atoms with Gasteiger partial charge in [0, 0.05) is 16.6 Å². The summed E-state index contributed by atoms with van der Waals surface area (Å²) in [6.45, 7) is -0.495. The Morgan fingerprint density at radius 1 is 1.21 bits per heavy atom. The summed E-state index contributed by atoms with van der Waals surface area (Å²) >= 11 is 3.15. The van der Waals surface area contributed by atoms with Crippen LogP contribution in [0.25, 0.3) is 0 Å². The zero-order chi connectivity index (χ0) is 20.3. The Kier molecular flexibility index (Phi) is 5.73. The lowest BCUT2D eigenvalue weighted by Crippen LogP contribution is -2.44. The Labute approximate surface area is 168 Å². The van der Waals surface area contributed by atoms with E-state index in [9.17, 15) is 24.1 Å². The molecule has 146 valence electrons. The highest BCUT2D eigenvalue weighted by Gasteiger charge is 2.47. The maximum atomic E-state index is 13.2. The van der Waals surface area contributed by atoms with E-state index >= 15 is 0 Å². The number of amides is 1. The van der Waals surface area contributed by atoms with Crippen LogP contribution >= 0.6 is 15.9 Å². The van der Waals surface area contributed by atoms with Crippen molar-refractivity contribution in [3.05, 3.63) is 68.4 Å². The molecule has 3 rings (SSSR count). The lowest BCUT2D eigenvalue weighted by Gasteiger charge is -2.39. The van der Waals surface area contributed by atoms with Crippen LogP contribution in [0.5, 0.6) is 0 Å². The Morgan fingerprint density at radius 3 is 2.43 bits per heavy atom. The Balaban J connectivity index is 1.62. The van der Waals surface area contributed by atoms with Crippen LogP contribution in [0.1, 0.15) is 24.8 Å². The van der Waals surface area contributed by atoms with Crippen molar-refractivity contribution in [3.8, 4) is 0 Å². The molecule has 1 aliphatic rings. The number of nitro groups is 1. The van der Waals surface area contributed by atoms with Crippen molar-refractivity contribution in [2.24, 2.45) is 0 Å². The fraction of sp³-hybridized carbons (Fsp3) is 0.263. The number of nitro benzene ring substituents is 1. The number of hydrogen-bond acceptors (Lipinski definition) is 5. The first-order valence-corrected chi connectivity index (χ1v) is 9.28. The third-order valence-corrected chi connectivity index (χ3v) is 5.42. The summed E-state index contributed by atoms with van der Waals surface area (Å²) in [6.07, 6.45) is 1.99. The number of carbonyl (C=O) groups is 2. The monoisotopic (exact) mass is 450 g/mol. The molecule has 0 heterocycles. The molecule has 0 radical (unpaired) electrons. The standard InChI is InChI=1S/C19H16BrFN2O5/c20-15-10-14(23(26)27)6-7-16(15)22-17(24)11-28-18(25)19(8-1-9-19)12-2-4-13(21)5-3-12/h2-7,10H,1,8-9,11H2,(H,22,24). The van der Waals surface area contributed by atoms with Gasteiger partial charge in [0.15, 0.2) is 6.61 Å². The van der Waals surface area contributed by atoms with Gasteiger partial charge < -0.3 is 10.1 Å². The Bertz CT molecular complexity index is 928. The van der Waals surface area contributed by atoms with E-state index < -0.39 is 28.8 Å². The molecule has 0 bridgehead atoms. The van der Waals surface area contributed by atoms with Gasteiger partial charge in [0.25, 0.3) is 11.6 Å². The molecule has 1 amide bonds. The number of anilines is 1. The van der Waals surface area contributed by atoms with Crippen molar-refractivity contribution in [2.75, 3.05) is 11.9 Å². The first kappa shape index (κ1) is 19.9. The highest BCUT2D eigenvalue weighted by Crippen LogP contribution is 2.44. The predicted molar refractivity (Wildman–Crippen MR) is 102 cm³/mol. The van der Waals surface area contributed by atoms with Gasteiger partial charge in [-0.3, -0.25) is 19.7 Å². The summed E-state index contributed by atoms with van der Waals surface area (Å²) in [4.78, 5) is 34.9. The molecular formula is C19H16BrFN2O5.